The number of carboxylic acids is 2. The number of carboxylic acid groups (broad SMARTS) is 2. The van der Waals surface area contributed by atoms with Gasteiger partial charge in [-0.25, -0.2) is 28.3 Å². The Morgan fingerprint density at radius 2 is 1.53 bits per heavy atom. The summed E-state index contributed by atoms with van der Waals surface area (Å²) in [4.78, 5) is 34.5. The van der Waals surface area contributed by atoms with Gasteiger partial charge in [0.15, 0.2) is 0 Å². The Hall–Kier alpha value is -3.15. The largest absolute Gasteiger partial charge is 0.490 e. The van der Waals surface area contributed by atoms with Crippen molar-refractivity contribution in [2.75, 3.05) is 31.1 Å². The molecule has 0 amide bonds. The number of anilines is 1. The van der Waals surface area contributed by atoms with Gasteiger partial charge in [0.25, 0.3) is 5.92 Å². The fourth-order valence-electron chi connectivity index (χ4n) is 3.79. The van der Waals surface area contributed by atoms with Crippen LogP contribution in [0.4, 0.5) is 40.9 Å². The average molecular weight is 579 g/mol. The first-order valence-electron chi connectivity index (χ1n) is 10.6. The molecule has 2 fully saturated rings. The molecule has 9 nitrogen and oxygen atoms in total. The Bertz CT molecular complexity index is 1030. The van der Waals surface area contributed by atoms with E-state index in [2.05, 4.69) is 19.9 Å². The highest BCUT2D eigenvalue weighted by molar-refractivity contribution is 7.09. The molecular weight excluding hydrogens is 558 g/mol. The van der Waals surface area contributed by atoms with Crippen molar-refractivity contribution in [3.63, 3.8) is 0 Å². The SMILES string of the molecule is FC1(F)CCN(Cc2nccs2)CC12CCN(c1cnccn1)C2.O=C(O)C(F)(F)F.O=C(O)C(F)(F)F. The highest BCUT2D eigenvalue weighted by Crippen LogP contribution is 2.50. The molecule has 38 heavy (non-hydrogen) atoms. The van der Waals surface area contributed by atoms with Crippen LogP contribution in [0.25, 0.3) is 0 Å². The van der Waals surface area contributed by atoms with Gasteiger partial charge in [-0.05, 0) is 6.42 Å². The minimum Gasteiger partial charge on any atom is -0.475 e. The van der Waals surface area contributed by atoms with Crippen LogP contribution in [0.5, 0.6) is 0 Å². The molecule has 212 valence electrons. The van der Waals surface area contributed by atoms with Gasteiger partial charge in [-0.15, -0.1) is 11.3 Å². The lowest BCUT2D eigenvalue weighted by molar-refractivity contribution is -0.193. The summed E-state index contributed by atoms with van der Waals surface area (Å²) < 4.78 is 93.1. The summed E-state index contributed by atoms with van der Waals surface area (Å²) in [5, 5.41) is 17.2. The van der Waals surface area contributed by atoms with E-state index in [4.69, 9.17) is 19.8 Å². The summed E-state index contributed by atoms with van der Waals surface area (Å²) in [7, 11) is 0. The average Bonchev–Trinajstić information content (AvgIpc) is 3.48. The molecule has 1 unspecified atom stereocenters. The van der Waals surface area contributed by atoms with Crippen LogP contribution < -0.4 is 4.90 Å². The van der Waals surface area contributed by atoms with Crippen LogP contribution in [0.3, 0.4) is 0 Å². The maximum atomic E-state index is 14.8. The Balaban J connectivity index is 0.000000301. The molecule has 0 aromatic carbocycles. The van der Waals surface area contributed by atoms with E-state index in [1.165, 1.54) is 0 Å². The zero-order chi connectivity index (χ0) is 28.8. The molecule has 18 heteroatoms. The number of halogens is 8. The summed E-state index contributed by atoms with van der Waals surface area (Å²) in [6.07, 6.45) is -3.17. The number of carbonyl (C=O) groups is 2. The monoisotopic (exact) mass is 579 g/mol. The van der Waals surface area contributed by atoms with Crippen molar-refractivity contribution in [2.24, 2.45) is 5.41 Å². The van der Waals surface area contributed by atoms with Gasteiger partial charge in [-0.3, -0.25) is 9.88 Å². The van der Waals surface area contributed by atoms with Crippen LogP contribution >= 0.6 is 11.3 Å². The van der Waals surface area contributed by atoms with E-state index in [-0.39, 0.29) is 6.42 Å². The molecule has 2 aliphatic rings. The Labute approximate surface area is 213 Å². The molecule has 2 saturated heterocycles. The van der Waals surface area contributed by atoms with E-state index in [1.54, 1.807) is 36.1 Å². The maximum Gasteiger partial charge on any atom is 0.490 e. The number of aliphatic carboxylic acids is 2. The Morgan fingerprint density at radius 1 is 0.921 bits per heavy atom. The molecule has 2 aromatic heterocycles. The predicted molar refractivity (Wildman–Crippen MR) is 116 cm³/mol. The van der Waals surface area contributed by atoms with Crippen LogP contribution in [0, 0.1) is 5.41 Å². The number of aromatic nitrogens is 3. The molecule has 4 heterocycles. The molecule has 0 bridgehead atoms. The molecule has 4 rings (SSSR count). The number of nitrogens with zero attached hydrogens (tertiary/aromatic N) is 5. The summed E-state index contributed by atoms with van der Waals surface area (Å²) in [6.45, 7) is 2.39. The van der Waals surface area contributed by atoms with Crippen molar-refractivity contribution in [3.8, 4) is 0 Å². The standard InChI is InChI=1S/C16H19F2N5S.2C2HF3O2/c17-16(18)2-6-22(10-14-21-5-8-24-14)11-15(16)1-7-23(12-15)13-9-19-3-4-20-13;2*3-2(4,5)1(6)7/h3-5,8-9H,1-2,6-7,10-12H2;2*(H,6,7). The topological polar surface area (TPSA) is 120 Å². The van der Waals surface area contributed by atoms with Crippen molar-refractivity contribution in [2.45, 2.75) is 37.7 Å². The molecule has 0 radical (unpaired) electrons. The van der Waals surface area contributed by atoms with E-state index in [1.807, 2.05) is 10.3 Å². The number of likely N-dealkylation sites (tertiary alicyclic amines) is 1. The number of thiazole rings is 1. The van der Waals surface area contributed by atoms with Crippen molar-refractivity contribution in [3.05, 3.63) is 35.2 Å². The second-order valence-corrected chi connectivity index (χ2v) is 9.19. The second-order valence-electron chi connectivity index (χ2n) is 8.21. The van der Waals surface area contributed by atoms with Crippen LogP contribution in [0.2, 0.25) is 0 Å². The van der Waals surface area contributed by atoms with Crippen LogP contribution in [-0.2, 0) is 16.1 Å². The predicted octanol–water partition coefficient (Wildman–Crippen LogP) is 3.94. The second kappa shape index (κ2) is 12.1. The molecule has 2 aliphatic heterocycles. The van der Waals surface area contributed by atoms with Crippen LogP contribution in [0.1, 0.15) is 17.8 Å². The summed E-state index contributed by atoms with van der Waals surface area (Å²) in [5.41, 5.74) is -1.01. The van der Waals surface area contributed by atoms with Gasteiger partial charge >= 0.3 is 24.3 Å². The van der Waals surface area contributed by atoms with E-state index >= 15 is 0 Å². The third-order valence-electron chi connectivity index (χ3n) is 5.60. The molecule has 0 aliphatic carbocycles. The van der Waals surface area contributed by atoms with Gasteiger partial charge in [0.2, 0.25) is 0 Å². The van der Waals surface area contributed by atoms with Crippen LogP contribution in [0.15, 0.2) is 30.2 Å². The van der Waals surface area contributed by atoms with Crippen molar-refractivity contribution in [1.29, 1.82) is 0 Å². The van der Waals surface area contributed by atoms with Gasteiger partial charge in [0.1, 0.15) is 10.8 Å². The molecule has 2 aromatic rings. The smallest absolute Gasteiger partial charge is 0.475 e. The van der Waals surface area contributed by atoms with Crippen molar-refractivity contribution >= 4 is 29.1 Å². The first-order chi connectivity index (χ1) is 17.5. The van der Waals surface area contributed by atoms with Gasteiger partial charge in [-0.1, -0.05) is 0 Å². The molecular formula is C20H21F8N5O4S. The molecule has 0 saturated carbocycles. The maximum absolute atomic E-state index is 14.8. The van der Waals surface area contributed by atoms with Gasteiger partial charge in [0.05, 0.1) is 18.2 Å². The molecule has 1 spiro atoms. The summed E-state index contributed by atoms with van der Waals surface area (Å²) >= 11 is 1.58. The Kier molecular flexibility index (Phi) is 9.93. The lowest BCUT2D eigenvalue weighted by atomic mass is 9.75. The zero-order valence-corrected chi connectivity index (χ0v) is 20.0. The van der Waals surface area contributed by atoms with Gasteiger partial charge < -0.3 is 15.1 Å². The highest BCUT2D eigenvalue weighted by Gasteiger charge is 2.59. The summed E-state index contributed by atoms with van der Waals surface area (Å²) in [5.74, 6) is -7.48. The van der Waals surface area contributed by atoms with Crippen molar-refractivity contribution < 1.29 is 54.9 Å². The Morgan fingerprint density at radius 3 is 2.00 bits per heavy atom. The lowest BCUT2D eigenvalue weighted by Crippen LogP contribution is -2.56. The number of piperidine rings is 1. The van der Waals surface area contributed by atoms with Gasteiger partial charge in [-0.2, -0.15) is 26.3 Å². The molecule has 2 N–H and O–H groups in total. The van der Waals surface area contributed by atoms with Crippen molar-refractivity contribution in [1.82, 2.24) is 19.9 Å². The van der Waals surface area contributed by atoms with E-state index < -0.39 is 35.6 Å². The lowest BCUT2D eigenvalue weighted by Gasteiger charge is -2.45. The molecule has 1 atom stereocenters. The van der Waals surface area contributed by atoms with Crippen LogP contribution in [-0.4, -0.2) is 86.5 Å². The van der Waals surface area contributed by atoms with E-state index in [9.17, 15) is 35.1 Å². The zero-order valence-electron chi connectivity index (χ0n) is 19.2. The fourth-order valence-corrected chi connectivity index (χ4v) is 4.45. The third kappa shape index (κ3) is 8.44. The quantitative estimate of drug-likeness (QED) is 0.522. The minimum absolute atomic E-state index is 0.0906. The number of alkyl halides is 8. The van der Waals surface area contributed by atoms with E-state index in [0.29, 0.717) is 45.0 Å². The fraction of sp³-hybridized carbons (Fsp3) is 0.550. The van der Waals surface area contributed by atoms with E-state index in [0.717, 1.165) is 5.01 Å². The number of rotatable bonds is 3. The highest BCUT2D eigenvalue weighted by atomic mass is 32.1. The normalized spacial score (nSPS) is 21.2. The minimum atomic E-state index is -5.08. The first-order valence-corrected chi connectivity index (χ1v) is 11.4. The number of hydrogen-bond donors (Lipinski definition) is 2. The first kappa shape index (κ1) is 31.1. The van der Waals surface area contributed by atoms with Gasteiger partial charge in [0, 0.05) is 56.6 Å². The third-order valence-corrected chi connectivity index (χ3v) is 6.36. The number of hydrogen-bond acceptors (Lipinski definition) is 8. The summed E-state index contributed by atoms with van der Waals surface area (Å²) in [6, 6.07) is 0.